The molecule has 0 radical (unpaired) electrons. The van der Waals surface area contributed by atoms with E-state index in [9.17, 15) is 9.59 Å². The number of hydrogen-bond donors (Lipinski definition) is 0. The van der Waals surface area contributed by atoms with E-state index in [0.717, 1.165) is 19.3 Å². The first-order chi connectivity index (χ1) is 10.0. The molecule has 3 atom stereocenters. The number of hydrogen-bond acceptors (Lipinski definition) is 5. The van der Waals surface area contributed by atoms with Gasteiger partial charge in [-0.25, -0.2) is 9.59 Å². The lowest BCUT2D eigenvalue weighted by atomic mass is 9.90. The van der Waals surface area contributed by atoms with Gasteiger partial charge >= 0.3 is 11.9 Å². The molecule has 2 aliphatic rings. The van der Waals surface area contributed by atoms with Crippen LogP contribution in [0.1, 0.15) is 33.1 Å². The molecule has 5 heteroatoms. The molecule has 3 unspecified atom stereocenters. The lowest BCUT2D eigenvalue weighted by Gasteiger charge is -2.18. The summed E-state index contributed by atoms with van der Waals surface area (Å²) < 4.78 is 15.4. The molecule has 1 aliphatic heterocycles. The fourth-order valence-electron chi connectivity index (χ4n) is 2.49. The molecule has 116 valence electrons. The summed E-state index contributed by atoms with van der Waals surface area (Å²) in [6.07, 6.45) is 7.11. The molecule has 0 bridgehead atoms. The number of carbonyl (C=O) groups is 2. The quantitative estimate of drug-likeness (QED) is 0.336. The number of fused-ring (bicyclic) bond motifs is 1. The predicted molar refractivity (Wildman–Crippen MR) is 76.5 cm³/mol. The highest BCUT2D eigenvalue weighted by Crippen LogP contribution is 2.39. The summed E-state index contributed by atoms with van der Waals surface area (Å²) >= 11 is 0. The third-order valence-electron chi connectivity index (χ3n) is 3.98. The van der Waals surface area contributed by atoms with Crippen molar-refractivity contribution in [2.24, 2.45) is 5.92 Å². The molecule has 1 saturated heterocycles. The van der Waals surface area contributed by atoms with Crippen LogP contribution in [0.4, 0.5) is 0 Å². The molecule has 1 saturated carbocycles. The zero-order valence-corrected chi connectivity index (χ0v) is 12.8. The maximum absolute atomic E-state index is 11.9. The van der Waals surface area contributed by atoms with E-state index >= 15 is 0 Å². The van der Waals surface area contributed by atoms with Gasteiger partial charge in [-0.2, -0.15) is 0 Å². The Hall–Kier alpha value is -1.62. The highest BCUT2D eigenvalue weighted by molar-refractivity contribution is 5.90. The molecule has 0 N–H and O–H groups in total. The van der Waals surface area contributed by atoms with Gasteiger partial charge in [0.25, 0.3) is 0 Å². The second kappa shape index (κ2) is 6.89. The standard InChI is InChI=1S/C16H22O5/c1-10(15(17)19-3)4-5-11(2)16(18)20-9-12-6-7-13-14(8-12)21-13/h4-5,12-14H,6-9H2,1-3H3/b10-4+,11-5+. The minimum absolute atomic E-state index is 0.345. The fraction of sp³-hybridized carbons (Fsp3) is 0.625. The Kier molecular flexibility index (Phi) is 5.17. The summed E-state index contributed by atoms with van der Waals surface area (Å²) in [6, 6.07) is 0. The van der Waals surface area contributed by atoms with Crippen molar-refractivity contribution in [2.45, 2.75) is 45.3 Å². The van der Waals surface area contributed by atoms with Gasteiger partial charge in [-0.1, -0.05) is 12.2 Å². The Morgan fingerprint density at radius 3 is 2.38 bits per heavy atom. The molecule has 0 aromatic heterocycles. The first-order valence-corrected chi connectivity index (χ1v) is 7.27. The highest BCUT2D eigenvalue weighted by atomic mass is 16.6. The first kappa shape index (κ1) is 15.8. The Bertz CT molecular complexity index is 477. The van der Waals surface area contributed by atoms with Crippen LogP contribution in [0.25, 0.3) is 0 Å². The lowest BCUT2D eigenvalue weighted by molar-refractivity contribution is -0.140. The molecule has 1 aliphatic carbocycles. The second-order valence-corrected chi connectivity index (χ2v) is 5.68. The molecule has 0 amide bonds. The number of rotatable bonds is 5. The van der Waals surface area contributed by atoms with E-state index in [-0.39, 0.29) is 5.97 Å². The van der Waals surface area contributed by atoms with Gasteiger partial charge in [-0.3, -0.25) is 0 Å². The van der Waals surface area contributed by atoms with Crippen LogP contribution < -0.4 is 0 Å². The van der Waals surface area contributed by atoms with Gasteiger partial charge in [0.05, 0.1) is 25.9 Å². The lowest BCUT2D eigenvalue weighted by Crippen LogP contribution is -2.20. The number of epoxide rings is 1. The maximum atomic E-state index is 11.9. The van der Waals surface area contributed by atoms with Gasteiger partial charge in [0.2, 0.25) is 0 Å². The maximum Gasteiger partial charge on any atom is 0.333 e. The Morgan fingerprint density at radius 2 is 1.76 bits per heavy atom. The largest absolute Gasteiger partial charge is 0.466 e. The molecule has 1 heterocycles. The molecular formula is C16H22O5. The number of allylic oxidation sites excluding steroid dienone is 2. The number of carbonyl (C=O) groups excluding carboxylic acids is 2. The van der Waals surface area contributed by atoms with Gasteiger partial charge in [-0.05, 0) is 39.0 Å². The summed E-state index contributed by atoms with van der Waals surface area (Å²) in [5, 5.41) is 0. The van der Waals surface area contributed by atoms with Crippen molar-refractivity contribution < 1.29 is 23.8 Å². The van der Waals surface area contributed by atoms with Crippen LogP contribution in [0.3, 0.4) is 0 Å². The van der Waals surface area contributed by atoms with E-state index in [0.29, 0.717) is 35.9 Å². The normalized spacial score (nSPS) is 28.6. The van der Waals surface area contributed by atoms with Crippen LogP contribution in [0.15, 0.2) is 23.3 Å². The first-order valence-electron chi connectivity index (χ1n) is 7.27. The molecule has 0 aromatic rings. The predicted octanol–water partition coefficient (Wildman–Crippen LogP) is 2.16. The van der Waals surface area contributed by atoms with Crippen molar-refractivity contribution >= 4 is 11.9 Å². The topological polar surface area (TPSA) is 65.1 Å². The summed E-state index contributed by atoms with van der Waals surface area (Å²) in [6.45, 7) is 3.75. The third kappa shape index (κ3) is 4.43. The zero-order valence-electron chi connectivity index (χ0n) is 12.8. The number of ether oxygens (including phenoxy) is 3. The SMILES string of the molecule is COC(=O)/C(C)=C/C=C(\C)C(=O)OCC1CCC2OC2C1. The molecule has 0 spiro atoms. The molecule has 2 fully saturated rings. The van der Waals surface area contributed by atoms with Gasteiger partial charge in [0, 0.05) is 11.1 Å². The monoisotopic (exact) mass is 294 g/mol. The molecular weight excluding hydrogens is 272 g/mol. The van der Waals surface area contributed by atoms with Crippen molar-refractivity contribution in [3.05, 3.63) is 23.3 Å². The number of esters is 2. The average Bonchev–Trinajstić information content (AvgIpc) is 3.27. The van der Waals surface area contributed by atoms with E-state index in [1.165, 1.54) is 7.11 Å². The van der Waals surface area contributed by atoms with E-state index in [1.54, 1.807) is 26.0 Å². The minimum atomic E-state index is -0.409. The van der Waals surface area contributed by atoms with Crippen molar-refractivity contribution in [1.82, 2.24) is 0 Å². The fourth-order valence-corrected chi connectivity index (χ4v) is 2.49. The van der Waals surface area contributed by atoms with E-state index in [2.05, 4.69) is 4.74 Å². The molecule has 0 aromatic carbocycles. The van der Waals surface area contributed by atoms with Crippen LogP contribution >= 0.6 is 0 Å². The number of methoxy groups -OCH3 is 1. The van der Waals surface area contributed by atoms with Crippen molar-refractivity contribution in [3.8, 4) is 0 Å². The Balaban J connectivity index is 1.77. The van der Waals surface area contributed by atoms with Gasteiger partial charge in [-0.15, -0.1) is 0 Å². The van der Waals surface area contributed by atoms with Gasteiger partial charge in [0.15, 0.2) is 0 Å². The summed E-state index contributed by atoms with van der Waals surface area (Å²) in [7, 11) is 1.32. The summed E-state index contributed by atoms with van der Waals surface area (Å²) in [4.78, 5) is 23.1. The van der Waals surface area contributed by atoms with Crippen molar-refractivity contribution in [1.29, 1.82) is 0 Å². The molecule has 5 nitrogen and oxygen atoms in total. The highest BCUT2D eigenvalue weighted by Gasteiger charge is 2.43. The van der Waals surface area contributed by atoms with E-state index in [4.69, 9.17) is 9.47 Å². The molecule has 2 rings (SSSR count). The van der Waals surface area contributed by atoms with E-state index < -0.39 is 5.97 Å². The van der Waals surface area contributed by atoms with Gasteiger partial charge < -0.3 is 14.2 Å². The Morgan fingerprint density at radius 1 is 1.10 bits per heavy atom. The zero-order chi connectivity index (χ0) is 15.4. The van der Waals surface area contributed by atoms with Crippen LogP contribution in [0, 0.1) is 5.92 Å². The van der Waals surface area contributed by atoms with Crippen LogP contribution in [-0.4, -0.2) is 37.9 Å². The van der Waals surface area contributed by atoms with Crippen LogP contribution in [0.2, 0.25) is 0 Å². The Labute approximate surface area is 124 Å². The van der Waals surface area contributed by atoms with Crippen molar-refractivity contribution in [3.63, 3.8) is 0 Å². The smallest absolute Gasteiger partial charge is 0.333 e. The molecule has 21 heavy (non-hydrogen) atoms. The summed E-state index contributed by atoms with van der Waals surface area (Å²) in [5.41, 5.74) is 0.906. The third-order valence-corrected chi connectivity index (χ3v) is 3.98. The minimum Gasteiger partial charge on any atom is -0.466 e. The average molecular weight is 294 g/mol. The van der Waals surface area contributed by atoms with E-state index in [1.807, 2.05) is 0 Å². The van der Waals surface area contributed by atoms with Crippen molar-refractivity contribution in [2.75, 3.05) is 13.7 Å². The van der Waals surface area contributed by atoms with Crippen LogP contribution in [0.5, 0.6) is 0 Å². The van der Waals surface area contributed by atoms with Gasteiger partial charge in [0.1, 0.15) is 0 Å². The summed E-state index contributed by atoms with van der Waals surface area (Å²) in [5.74, 6) is -0.353. The second-order valence-electron chi connectivity index (χ2n) is 5.68. The van der Waals surface area contributed by atoms with Crippen LogP contribution in [-0.2, 0) is 23.8 Å².